The van der Waals surface area contributed by atoms with Gasteiger partial charge in [0, 0.05) is 28.9 Å². The minimum atomic E-state index is -1.05. The van der Waals surface area contributed by atoms with Gasteiger partial charge in [0.25, 0.3) is 0 Å². The van der Waals surface area contributed by atoms with Gasteiger partial charge in [-0.1, -0.05) is 13.8 Å². The van der Waals surface area contributed by atoms with E-state index in [0.717, 1.165) is 0 Å². The number of hydrogen-bond acceptors (Lipinski definition) is 3. The maximum absolute atomic E-state index is 11.5. The van der Waals surface area contributed by atoms with Crippen LogP contribution in [0.4, 0.5) is 4.79 Å². The molecule has 0 rings (SSSR count). The molecule has 18 heavy (non-hydrogen) atoms. The average Bonchev–Trinajstić information content (AvgIpc) is 2.23. The van der Waals surface area contributed by atoms with Gasteiger partial charge in [-0.2, -0.15) is 0 Å². The number of aliphatic carboxylic acids is 1. The van der Waals surface area contributed by atoms with E-state index in [9.17, 15) is 13.8 Å². The third kappa shape index (κ3) is 7.26. The minimum Gasteiger partial charge on any atom is -0.480 e. The van der Waals surface area contributed by atoms with Crippen LogP contribution < -0.4 is 10.6 Å². The van der Waals surface area contributed by atoms with Gasteiger partial charge in [-0.15, -0.1) is 0 Å². The molecule has 0 aliphatic heterocycles. The predicted octanol–water partition coefficient (Wildman–Crippen LogP) is 0.552. The van der Waals surface area contributed by atoms with E-state index >= 15 is 0 Å². The van der Waals surface area contributed by atoms with Crippen LogP contribution in [0.15, 0.2) is 0 Å². The SMILES string of the molecule is CC(C)C[C@@H](NC(=O)NCC(C)S(C)=O)C(=O)O. The van der Waals surface area contributed by atoms with E-state index in [1.54, 1.807) is 13.2 Å². The van der Waals surface area contributed by atoms with E-state index in [1.165, 1.54) is 0 Å². The number of carbonyl (C=O) groups is 2. The molecule has 0 aromatic rings. The molecule has 0 aliphatic rings. The van der Waals surface area contributed by atoms with Gasteiger partial charge in [-0.25, -0.2) is 9.59 Å². The van der Waals surface area contributed by atoms with Crippen LogP contribution >= 0.6 is 0 Å². The molecule has 0 saturated carbocycles. The Morgan fingerprint density at radius 2 is 1.83 bits per heavy atom. The van der Waals surface area contributed by atoms with E-state index in [2.05, 4.69) is 10.6 Å². The van der Waals surface area contributed by atoms with E-state index < -0.39 is 28.8 Å². The Labute approximate surface area is 110 Å². The standard InChI is InChI=1S/C11H22N2O4S/c1-7(2)5-9(10(14)15)13-11(16)12-6-8(3)18(4)17/h7-9H,5-6H2,1-4H3,(H,14,15)(H2,12,13,16)/t8?,9-,18?/m1/s1. The summed E-state index contributed by atoms with van der Waals surface area (Å²) in [7, 11) is -1.02. The topological polar surface area (TPSA) is 95.5 Å². The normalized spacial score (nSPS) is 15.8. The molecule has 0 heterocycles. The summed E-state index contributed by atoms with van der Waals surface area (Å²) in [4.78, 5) is 22.4. The first kappa shape index (κ1) is 16.9. The highest BCUT2D eigenvalue weighted by Crippen LogP contribution is 2.04. The summed E-state index contributed by atoms with van der Waals surface area (Å²) in [5.74, 6) is -0.876. The first-order valence-corrected chi connectivity index (χ1v) is 7.45. The number of urea groups is 1. The summed E-state index contributed by atoms with van der Waals surface area (Å²) in [6, 6.07) is -1.44. The van der Waals surface area contributed by atoms with Crippen molar-refractivity contribution in [3.05, 3.63) is 0 Å². The third-order valence-corrected chi connectivity index (χ3v) is 3.73. The second kappa shape index (κ2) is 8.07. The fourth-order valence-electron chi connectivity index (χ4n) is 1.26. The zero-order valence-electron chi connectivity index (χ0n) is 11.2. The van der Waals surface area contributed by atoms with E-state index in [1.807, 2.05) is 13.8 Å². The van der Waals surface area contributed by atoms with E-state index in [0.29, 0.717) is 6.42 Å². The second-order valence-electron chi connectivity index (χ2n) is 4.68. The van der Waals surface area contributed by atoms with Crippen molar-refractivity contribution in [1.82, 2.24) is 10.6 Å². The zero-order valence-corrected chi connectivity index (χ0v) is 12.0. The van der Waals surface area contributed by atoms with Crippen LogP contribution in [0.25, 0.3) is 0 Å². The molecule has 0 fully saturated rings. The lowest BCUT2D eigenvalue weighted by Gasteiger charge is -2.17. The van der Waals surface area contributed by atoms with Crippen molar-refractivity contribution < 1.29 is 18.9 Å². The van der Waals surface area contributed by atoms with Crippen LogP contribution in [0.3, 0.4) is 0 Å². The van der Waals surface area contributed by atoms with Gasteiger partial charge >= 0.3 is 12.0 Å². The lowest BCUT2D eigenvalue weighted by molar-refractivity contribution is -0.139. The average molecular weight is 278 g/mol. The lowest BCUT2D eigenvalue weighted by Crippen LogP contribution is -2.48. The molecule has 0 saturated heterocycles. The van der Waals surface area contributed by atoms with Crippen molar-refractivity contribution in [1.29, 1.82) is 0 Å². The lowest BCUT2D eigenvalue weighted by atomic mass is 10.0. The maximum atomic E-state index is 11.5. The summed E-state index contributed by atoms with van der Waals surface area (Å²) in [6.07, 6.45) is 1.93. The van der Waals surface area contributed by atoms with Crippen LogP contribution in [0.1, 0.15) is 27.2 Å². The number of carboxylic acid groups (broad SMARTS) is 1. The maximum Gasteiger partial charge on any atom is 0.326 e. The molecule has 6 nitrogen and oxygen atoms in total. The molecule has 7 heteroatoms. The summed E-state index contributed by atoms with van der Waals surface area (Å²) < 4.78 is 11.1. The molecule has 2 unspecified atom stereocenters. The Kier molecular flexibility index (Phi) is 7.58. The largest absolute Gasteiger partial charge is 0.480 e. The van der Waals surface area contributed by atoms with Gasteiger partial charge in [0.15, 0.2) is 0 Å². The predicted molar refractivity (Wildman–Crippen MR) is 70.9 cm³/mol. The highest BCUT2D eigenvalue weighted by Gasteiger charge is 2.21. The summed E-state index contributed by atoms with van der Waals surface area (Å²) in [5.41, 5.74) is 0. The van der Waals surface area contributed by atoms with Gasteiger partial charge in [0.1, 0.15) is 6.04 Å². The number of nitrogens with one attached hydrogen (secondary N) is 2. The quantitative estimate of drug-likeness (QED) is 0.634. The molecule has 0 bridgehead atoms. The van der Waals surface area contributed by atoms with Crippen molar-refractivity contribution in [3.8, 4) is 0 Å². The number of hydrogen-bond donors (Lipinski definition) is 3. The minimum absolute atomic E-state index is 0.163. The molecule has 0 aromatic carbocycles. The Morgan fingerprint density at radius 1 is 1.28 bits per heavy atom. The number of rotatable bonds is 7. The van der Waals surface area contributed by atoms with Crippen LogP contribution in [0.5, 0.6) is 0 Å². The Bertz CT molecular complexity index is 320. The van der Waals surface area contributed by atoms with E-state index in [-0.39, 0.29) is 17.7 Å². The molecule has 0 radical (unpaired) electrons. The summed E-state index contributed by atoms with van der Waals surface area (Å²) >= 11 is 0. The van der Waals surface area contributed by atoms with Crippen molar-refractivity contribution >= 4 is 22.8 Å². The first-order valence-electron chi connectivity index (χ1n) is 5.83. The Hall–Kier alpha value is -1.11. The zero-order chi connectivity index (χ0) is 14.3. The number of carbonyl (C=O) groups excluding carboxylic acids is 1. The smallest absolute Gasteiger partial charge is 0.326 e. The molecule has 0 aliphatic carbocycles. The molecule has 3 atom stereocenters. The highest BCUT2D eigenvalue weighted by molar-refractivity contribution is 7.84. The molecular formula is C11H22N2O4S. The van der Waals surface area contributed by atoms with Gasteiger partial charge in [-0.3, -0.25) is 4.21 Å². The molecule has 106 valence electrons. The van der Waals surface area contributed by atoms with Crippen LogP contribution in [-0.4, -0.2) is 45.4 Å². The van der Waals surface area contributed by atoms with Crippen molar-refractivity contribution in [2.45, 2.75) is 38.5 Å². The Balaban J connectivity index is 4.18. The van der Waals surface area contributed by atoms with Crippen LogP contribution in [-0.2, 0) is 15.6 Å². The molecule has 2 amide bonds. The van der Waals surface area contributed by atoms with Crippen molar-refractivity contribution in [2.24, 2.45) is 5.92 Å². The summed E-state index contributed by atoms with van der Waals surface area (Å²) in [6.45, 7) is 5.78. The number of carboxylic acids is 1. The molecule has 0 aromatic heterocycles. The van der Waals surface area contributed by atoms with Crippen molar-refractivity contribution in [2.75, 3.05) is 12.8 Å². The summed E-state index contributed by atoms with van der Waals surface area (Å²) in [5, 5.41) is 13.7. The number of amides is 2. The molecule has 3 N–H and O–H groups in total. The molecule has 0 spiro atoms. The molecular weight excluding hydrogens is 256 g/mol. The monoisotopic (exact) mass is 278 g/mol. The Morgan fingerprint density at radius 3 is 2.22 bits per heavy atom. The first-order chi connectivity index (χ1) is 8.23. The van der Waals surface area contributed by atoms with Gasteiger partial charge in [0.2, 0.25) is 0 Å². The van der Waals surface area contributed by atoms with Gasteiger partial charge in [0.05, 0.1) is 0 Å². The second-order valence-corrected chi connectivity index (χ2v) is 6.49. The van der Waals surface area contributed by atoms with Crippen molar-refractivity contribution in [3.63, 3.8) is 0 Å². The van der Waals surface area contributed by atoms with Crippen LogP contribution in [0.2, 0.25) is 0 Å². The highest BCUT2D eigenvalue weighted by atomic mass is 32.2. The van der Waals surface area contributed by atoms with Gasteiger partial charge in [-0.05, 0) is 19.3 Å². The fraction of sp³-hybridized carbons (Fsp3) is 0.818. The van der Waals surface area contributed by atoms with Crippen LogP contribution in [0, 0.1) is 5.92 Å². The fourth-order valence-corrected chi connectivity index (χ4v) is 1.57. The van der Waals surface area contributed by atoms with E-state index in [4.69, 9.17) is 5.11 Å². The third-order valence-electron chi connectivity index (χ3n) is 2.43. The van der Waals surface area contributed by atoms with Gasteiger partial charge < -0.3 is 15.7 Å².